The topological polar surface area (TPSA) is 92.4 Å². The number of aliphatic carboxylic acids is 1. The molecule has 1 fully saturated rings. The van der Waals surface area contributed by atoms with E-state index in [-0.39, 0.29) is 11.3 Å². The fourth-order valence-electron chi connectivity index (χ4n) is 1.63. The lowest BCUT2D eigenvalue weighted by Crippen LogP contribution is -2.63. The summed E-state index contributed by atoms with van der Waals surface area (Å²) < 4.78 is 0. The van der Waals surface area contributed by atoms with Crippen molar-refractivity contribution in [2.75, 3.05) is 0 Å². The minimum absolute atomic E-state index is 0.368. The Balaban J connectivity index is 2.67. The molecule has 0 saturated heterocycles. The van der Waals surface area contributed by atoms with Crippen LogP contribution in [0.4, 0.5) is 0 Å². The summed E-state index contributed by atoms with van der Waals surface area (Å²) in [6, 6.07) is -0.690. The van der Waals surface area contributed by atoms with Crippen molar-refractivity contribution in [2.24, 2.45) is 11.1 Å². The van der Waals surface area contributed by atoms with Gasteiger partial charge in [-0.15, -0.1) is 0 Å². The van der Waals surface area contributed by atoms with Crippen LogP contribution in [-0.2, 0) is 9.59 Å². The van der Waals surface area contributed by atoms with E-state index in [2.05, 4.69) is 5.32 Å². The van der Waals surface area contributed by atoms with E-state index < -0.39 is 17.6 Å². The first-order valence-electron chi connectivity index (χ1n) is 5.50. The van der Waals surface area contributed by atoms with Gasteiger partial charge in [0.05, 0.1) is 6.04 Å². The summed E-state index contributed by atoms with van der Waals surface area (Å²) in [6.45, 7) is 5.56. The van der Waals surface area contributed by atoms with Crippen molar-refractivity contribution in [3.63, 3.8) is 0 Å². The van der Waals surface area contributed by atoms with Gasteiger partial charge in [0, 0.05) is 0 Å². The molecular formula is C11H20N2O3. The van der Waals surface area contributed by atoms with Gasteiger partial charge in [0.1, 0.15) is 5.54 Å². The van der Waals surface area contributed by atoms with E-state index in [1.165, 1.54) is 0 Å². The molecule has 0 heterocycles. The average molecular weight is 228 g/mol. The zero-order valence-corrected chi connectivity index (χ0v) is 10.0. The largest absolute Gasteiger partial charge is 0.480 e. The highest BCUT2D eigenvalue weighted by atomic mass is 16.4. The molecule has 0 bridgehead atoms. The first kappa shape index (κ1) is 13.0. The average Bonchev–Trinajstić information content (AvgIpc) is 2.07. The molecule has 1 aliphatic rings. The van der Waals surface area contributed by atoms with Crippen LogP contribution in [0.15, 0.2) is 0 Å². The minimum Gasteiger partial charge on any atom is -0.480 e. The van der Waals surface area contributed by atoms with Crippen molar-refractivity contribution in [2.45, 2.75) is 51.6 Å². The van der Waals surface area contributed by atoms with E-state index in [1.54, 1.807) is 0 Å². The number of carbonyl (C=O) groups excluding carboxylic acids is 1. The molecule has 4 N–H and O–H groups in total. The SMILES string of the molecule is CC(C)(C)[C@H](N)C(=O)NC1(C(=O)O)CCC1. The molecule has 5 nitrogen and oxygen atoms in total. The van der Waals surface area contributed by atoms with E-state index in [0.717, 1.165) is 6.42 Å². The van der Waals surface area contributed by atoms with Gasteiger partial charge in [0.15, 0.2) is 0 Å². The lowest BCUT2D eigenvalue weighted by atomic mass is 9.76. The molecule has 1 amide bonds. The number of nitrogens with one attached hydrogen (secondary N) is 1. The standard InChI is InChI=1S/C11H20N2O3/c1-10(2,3)7(12)8(14)13-11(9(15)16)5-4-6-11/h7H,4-6,12H2,1-3H3,(H,13,14)(H,15,16)/t7-/m1/s1. The molecule has 1 saturated carbocycles. The van der Waals surface area contributed by atoms with Crippen molar-refractivity contribution in [1.29, 1.82) is 0 Å². The second-order valence-corrected chi connectivity index (χ2v) is 5.57. The van der Waals surface area contributed by atoms with Crippen molar-refractivity contribution in [3.05, 3.63) is 0 Å². The van der Waals surface area contributed by atoms with Crippen molar-refractivity contribution in [3.8, 4) is 0 Å². The summed E-state index contributed by atoms with van der Waals surface area (Å²) in [4.78, 5) is 22.9. The lowest BCUT2D eigenvalue weighted by molar-refractivity contribution is -0.152. The first-order chi connectivity index (χ1) is 7.19. The molecule has 1 rings (SSSR count). The van der Waals surface area contributed by atoms with Crippen LogP contribution in [0.25, 0.3) is 0 Å². The Kier molecular flexibility index (Phi) is 3.28. The number of hydrogen-bond acceptors (Lipinski definition) is 3. The summed E-state index contributed by atoms with van der Waals surface area (Å²) in [5.41, 5.74) is 4.34. The molecule has 0 aliphatic heterocycles. The van der Waals surface area contributed by atoms with Gasteiger partial charge in [0.2, 0.25) is 5.91 Å². The third-order valence-corrected chi connectivity index (χ3v) is 3.19. The molecule has 1 aliphatic carbocycles. The van der Waals surface area contributed by atoms with E-state index in [1.807, 2.05) is 20.8 Å². The van der Waals surface area contributed by atoms with Gasteiger partial charge in [0.25, 0.3) is 0 Å². The first-order valence-corrected chi connectivity index (χ1v) is 5.50. The zero-order valence-electron chi connectivity index (χ0n) is 10.0. The molecule has 92 valence electrons. The smallest absolute Gasteiger partial charge is 0.329 e. The number of carbonyl (C=O) groups is 2. The fraction of sp³-hybridized carbons (Fsp3) is 0.818. The van der Waals surface area contributed by atoms with Crippen LogP contribution in [0.2, 0.25) is 0 Å². The molecule has 0 aromatic heterocycles. The normalized spacial score (nSPS) is 20.8. The molecular weight excluding hydrogens is 208 g/mol. The van der Waals surface area contributed by atoms with Crippen molar-refractivity contribution in [1.82, 2.24) is 5.32 Å². The Bertz CT molecular complexity index is 303. The minimum atomic E-state index is -1.07. The number of carboxylic acids is 1. The molecule has 16 heavy (non-hydrogen) atoms. The van der Waals surface area contributed by atoms with Gasteiger partial charge in [-0.2, -0.15) is 0 Å². The van der Waals surface area contributed by atoms with Crippen LogP contribution in [0.1, 0.15) is 40.0 Å². The predicted octanol–water partition coefficient (Wildman–Crippen LogP) is 0.483. The summed E-state index contributed by atoms with van der Waals surface area (Å²) in [7, 11) is 0. The summed E-state index contributed by atoms with van der Waals surface area (Å²) in [5.74, 6) is -1.34. The Morgan fingerprint density at radius 1 is 1.38 bits per heavy atom. The third-order valence-electron chi connectivity index (χ3n) is 3.19. The Labute approximate surface area is 95.4 Å². The van der Waals surface area contributed by atoms with Crippen LogP contribution >= 0.6 is 0 Å². The lowest BCUT2D eigenvalue weighted by Gasteiger charge is -2.40. The highest BCUT2D eigenvalue weighted by Crippen LogP contribution is 2.32. The monoisotopic (exact) mass is 228 g/mol. The van der Waals surface area contributed by atoms with E-state index in [4.69, 9.17) is 10.8 Å². The number of amides is 1. The molecule has 5 heteroatoms. The van der Waals surface area contributed by atoms with Crippen LogP contribution in [-0.4, -0.2) is 28.6 Å². The van der Waals surface area contributed by atoms with Gasteiger partial charge in [-0.25, -0.2) is 4.79 Å². The van der Waals surface area contributed by atoms with Gasteiger partial charge in [-0.05, 0) is 24.7 Å². The highest BCUT2D eigenvalue weighted by Gasteiger charge is 2.47. The summed E-state index contributed by atoms with van der Waals surface area (Å²) in [6.07, 6.45) is 1.81. The van der Waals surface area contributed by atoms with Crippen molar-refractivity contribution < 1.29 is 14.7 Å². The number of hydrogen-bond donors (Lipinski definition) is 3. The van der Waals surface area contributed by atoms with Crippen LogP contribution in [0.3, 0.4) is 0 Å². The van der Waals surface area contributed by atoms with E-state index in [0.29, 0.717) is 12.8 Å². The maximum atomic E-state index is 11.8. The Morgan fingerprint density at radius 2 is 1.88 bits per heavy atom. The highest BCUT2D eigenvalue weighted by molar-refractivity contribution is 5.90. The fourth-order valence-corrected chi connectivity index (χ4v) is 1.63. The quantitative estimate of drug-likeness (QED) is 0.655. The molecule has 0 aromatic rings. The third kappa shape index (κ3) is 2.35. The maximum Gasteiger partial charge on any atom is 0.329 e. The Hall–Kier alpha value is -1.10. The summed E-state index contributed by atoms with van der Waals surface area (Å²) >= 11 is 0. The molecule has 1 atom stereocenters. The molecule has 0 spiro atoms. The van der Waals surface area contributed by atoms with Gasteiger partial charge in [-0.3, -0.25) is 4.79 Å². The maximum absolute atomic E-state index is 11.8. The molecule has 0 unspecified atom stereocenters. The van der Waals surface area contributed by atoms with Crippen molar-refractivity contribution >= 4 is 11.9 Å². The molecule has 0 radical (unpaired) electrons. The zero-order chi connectivity index (χ0) is 12.6. The van der Waals surface area contributed by atoms with Crippen LogP contribution in [0, 0.1) is 5.41 Å². The second-order valence-electron chi connectivity index (χ2n) is 5.57. The van der Waals surface area contributed by atoms with E-state index >= 15 is 0 Å². The van der Waals surface area contributed by atoms with Gasteiger partial charge < -0.3 is 16.2 Å². The number of rotatable bonds is 3. The van der Waals surface area contributed by atoms with E-state index in [9.17, 15) is 9.59 Å². The van der Waals surface area contributed by atoms with Crippen LogP contribution < -0.4 is 11.1 Å². The number of carboxylic acid groups (broad SMARTS) is 1. The number of nitrogens with two attached hydrogens (primary N) is 1. The Morgan fingerprint density at radius 3 is 2.12 bits per heavy atom. The van der Waals surface area contributed by atoms with Gasteiger partial charge >= 0.3 is 5.97 Å². The van der Waals surface area contributed by atoms with Gasteiger partial charge in [-0.1, -0.05) is 20.8 Å². The molecule has 0 aromatic carbocycles. The second kappa shape index (κ2) is 4.05. The van der Waals surface area contributed by atoms with Crippen LogP contribution in [0.5, 0.6) is 0 Å². The summed E-state index contributed by atoms with van der Waals surface area (Å²) in [5, 5.41) is 11.6. The predicted molar refractivity (Wildman–Crippen MR) is 59.8 cm³/mol.